The molecule has 0 bridgehead atoms. The van der Waals surface area contributed by atoms with Gasteiger partial charge >= 0.3 is 11.9 Å². The lowest BCUT2D eigenvalue weighted by Crippen LogP contribution is -2.58. The van der Waals surface area contributed by atoms with Crippen LogP contribution in [0, 0.1) is 0 Å². The topological polar surface area (TPSA) is 293 Å². The van der Waals surface area contributed by atoms with E-state index < -0.39 is 66.9 Å². The lowest BCUT2D eigenvalue weighted by molar-refractivity contribution is -0.142. The first-order chi connectivity index (χ1) is 18.3. The molecule has 0 fully saturated rings. The Kier molecular flexibility index (Phi) is 13.7. The molecule has 4 atom stereocenters. The van der Waals surface area contributed by atoms with Crippen molar-refractivity contribution in [2.75, 3.05) is 13.2 Å². The van der Waals surface area contributed by atoms with Crippen LogP contribution in [0.5, 0.6) is 5.75 Å². The number of aliphatic hydroxyl groups is 1. The van der Waals surface area contributed by atoms with Crippen molar-refractivity contribution in [2.45, 2.75) is 56.3 Å². The Hall–Kier alpha value is -4.44. The molecule has 1 aromatic rings. The fraction of sp³-hybridized carbons (Fsp3) is 0.478. The summed E-state index contributed by atoms with van der Waals surface area (Å²) in [6, 6.07) is 0.203. The Morgan fingerprint density at radius 3 is 1.95 bits per heavy atom. The minimum atomic E-state index is -1.53. The fourth-order valence-corrected chi connectivity index (χ4v) is 3.27. The monoisotopic (exact) mass is 553 g/mol. The molecule has 0 radical (unpaired) electrons. The number of guanidine groups is 1. The fourth-order valence-electron chi connectivity index (χ4n) is 3.27. The maximum absolute atomic E-state index is 13.0. The number of aliphatic carboxylic acids is 2. The Labute approximate surface area is 223 Å². The Bertz CT molecular complexity index is 1030. The highest BCUT2D eigenvalue weighted by Gasteiger charge is 2.30. The number of carboxylic acids is 2. The molecular weight excluding hydrogens is 518 g/mol. The summed E-state index contributed by atoms with van der Waals surface area (Å²) in [4.78, 5) is 64.3. The van der Waals surface area contributed by atoms with E-state index in [4.69, 9.17) is 22.3 Å². The van der Waals surface area contributed by atoms with E-state index in [2.05, 4.69) is 20.9 Å². The van der Waals surface area contributed by atoms with Gasteiger partial charge in [-0.1, -0.05) is 12.1 Å². The lowest BCUT2D eigenvalue weighted by atomic mass is 10.0. The number of nitrogens with zero attached hydrogens (tertiary/aromatic N) is 1. The van der Waals surface area contributed by atoms with Gasteiger partial charge in [-0.15, -0.1) is 0 Å². The number of rotatable bonds is 17. The van der Waals surface area contributed by atoms with E-state index in [0.29, 0.717) is 5.56 Å². The van der Waals surface area contributed by atoms with Crippen LogP contribution in [0.2, 0.25) is 0 Å². The molecule has 13 N–H and O–H groups in total. The van der Waals surface area contributed by atoms with Gasteiger partial charge in [0.25, 0.3) is 0 Å². The molecule has 0 saturated heterocycles. The summed E-state index contributed by atoms with van der Waals surface area (Å²) < 4.78 is 0. The average Bonchev–Trinajstić information content (AvgIpc) is 2.87. The van der Waals surface area contributed by atoms with Crippen LogP contribution in [-0.2, 0) is 30.4 Å². The summed E-state index contributed by atoms with van der Waals surface area (Å²) in [6.07, 6.45) is -0.572. The molecule has 16 nitrogen and oxygen atoms in total. The third kappa shape index (κ3) is 12.6. The number of carbonyl (C=O) groups excluding carboxylic acids is 3. The smallest absolute Gasteiger partial charge is 0.326 e. The summed E-state index contributed by atoms with van der Waals surface area (Å²) in [6.45, 7) is -0.777. The van der Waals surface area contributed by atoms with Gasteiger partial charge in [0.1, 0.15) is 23.9 Å². The third-order valence-electron chi connectivity index (χ3n) is 5.39. The molecule has 1 rings (SSSR count). The number of nitrogens with one attached hydrogen (secondary N) is 3. The van der Waals surface area contributed by atoms with Gasteiger partial charge in [-0.3, -0.25) is 24.2 Å². The Balaban J connectivity index is 2.97. The molecule has 216 valence electrons. The van der Waals surface area contributed by atoms with Crippen LogP contribution in [0.4, 0.5) is 0 Å². The first-order valence-electron chi connectivity index (χ1n) is 11.9. The minimum Gasteiger partial charge on any atom is -0.508 e. The molecule has 0 aliphatic heterocycles. The summed E-state index contributed by atoms with van der Waals surface area (Å²) in [7, 11) is 0. The molecular formula is C23H35N7O9. The number of phenols is 1. The predicted octanol–water partition coefficient (Wildman–Crippen LogP) is -3.29. The number of aliphatic imine (C=N–C) groups is 1. The van der Waals surface area contributed by atoms with Crippen LogP contribution in [0.3, 0.4) is 0 Å². The second-order valence-corrected chi connectivity index (χ2v) is 8.56. The standard InChI is InChI=1S/C23H35N7O9/c24-14(7-8-18(33)34)19(35)30-17(11-31)21(37)28-15(2-1-9-27-23(25)26)20(36)29-16(22(38)39)10-12-3-5-13(32)6-4-12/h3-6,14-17,31-32H,1-2,7-11,24H2,(H,28,37)(H,29,36)(H,30,35)(H,33,34)(H,38,39)(H4,25,26,27). The number of aliphatic hydroxyl groups excluding tert-OH is 1. The van der Waals surface area contributed by atoms with E-state index in [-0.39, 0.29) is 43.9 Å². The van der Waals surface area contributed by atoms with Gasteiger partial charge in [-0.2, -0.15) is 0 Å². The molecule has 0 spiro atoms. The highest BCUT2D eigenvalue weighted by Crippen LogP contribution is 2.12. The van der Waals surface area contributed by atoms with Gasteiger partial charge in [0.05, 0.1) is 12.6 Å². The van der Waals surface area contributed by atoms with Crippen molar-refractivity contribution in [1.29, 1.82) is 0 Å². The number of amides is 3. The van der Waals surface area contributed by atoms with Crippen molar-refractivity contribution in [3.05, 3.63) is 29.8 Å². The number of aromatic hydroxyl groups is 1. The van der Waals surface area contributed by atoms with Crippen LogP contribution < -0.4 is 33.2 Å². The zero-order valence-corrected chi connectivity index (χ0v) is 21.1. The van der Waals surface area contributed by atoms with Crippen molar-refractivity contribution < 1.29 is 44.4 Å². The molecule has 0 aromatic heterocycles. The number of hydrogen-bond donors (Lipinski definition) is 10. The largest absolute Gasteiger partial charge is 0.508 e. The second-order valence-electron chi connectivity index (χ2n) is 8.56. The summed E-state index contributed by atoms with van der Waals surface area (Å²) in [5, 5.41) is 44.3. The Morgan fingerprint density at radius 2 is 1.41 bits per heavy atom. The maximum Gasteiger partial charge on any atom is 0.326 e. The van der Waals surface area contributed by atoms with E-state index in [9.17, 15) is 39.3 Å². The summed E-state index contributed by atoms with van der Waals surface area (Å²) in [5.41, 5.74) is 16.7. The van der Waals surface area contributed by atoms with E-state index in [1.54, 1.807) is 0 Å². The molecule has 3 amide bonds. The van der Waals surface area contributed by atoms with Crippen molar-refractivity contribution >= 4 is 35.6 Å². The van der Waals surface area contributed by atoms with Gasteiger partial charge in [-0.05, 0) is 37.0 Å². The number of phenolic OH excluding ortho intramolecular Hbond substituents is 1. The van der Waals surface area contributed by atoms with Gasteiger partial charge in [0.2, 0.25) is 17.7 Å². The van der Waals surface area contributed by atoms with Gasteiger partial charge in [0.15, 0.2) is 5.96 Å². The van der Waals surface area contributed by atoms with Gasteiger partial charge < -0.3 is 53.6 Å². The van der Waals surface area contributed by atoms with Crippen LogP contribution in [0.25, 0.3) is 0 Å². The van der Waals surface area contributed by atoms with Crippen LogP contribution >= 0.6 is 0 Å². The summed E-state index contributed by atoms with van der Waals surface area (Å²) in [5.74, 6) is -5.45. The SMILES string of the molecule is NC(N)=NCCCC(NC(=O)C(CO)NC(=O)C(N)CCC(=O)O)C(=O)NC(Cc1ccc(O)cc1)C(=O)O. The molecule has 0 saturated carbocycles. The summed E-state index contributed by atoms with van der Waals surface area (Å²) >= 11 is 0. The van der Waals surface area contributed by atoms with E-state index >= 15 is 0 Å². The number of nitrogens with two attached hydrogens (primary N) is 3. The highest BCUT2D eigenvalue weighted by atomic mass is 16.4. The van der Waals surface area contributed by atoms with Gasteiger partial charge in [0, 0.05) is 19.4 Å². The highest BCUT2D eigenvalue weighted by molar-refractivity contribution is 5.94. The molecule has 4 unspecified atom stereocenters. The molecule has 0 aliphatic rings. The minimum absolute atomic E-state index is 0.0217. The molecule has 39 heavy (non-hydrogen) atoms. The van der Waals surface area contributed by atoms with E-state index in [1.807, 2.05) is 0 Å². The maximum atomic E-state index is 13.0. The first-order valence-corrected chi connectivity index (χ1v) is 11.9. The first kappa shape index (κ1) is 32.6. The zero-order valence-electron chi connectivity index (χ0n) is 21.1. The van der Waals surface area contributed by atoms with E-state index in [1.165, 1.54) is 24.3 Å². The third-order valence-corrected chi connectivity index (χ3v) is 5.39. The number of carboxylic acid groups (broad SMARTS) is 2. The molecule has 16 heteroatoms. The molecule has 0 heterocycles. The normalized spacial score (nSPS) is 13.7. The van der Waals surface area contributed by atoms with Crippen LogP contribution in [0.15, 0.2) is 29.3 Å². The van der Waals surface area contributed by atoms with Crippen LogP contribution in [0.1, 0.15) is 31.2 Å². The number of benzene rings is 1. The lowest BCUT2D eigenvalue weighted by Gasteiger charge is -2.24. The van der Waals surface area contributed by atoms with Crippen molar-refractivity contribution in [1.82, 2.24) is 16.0 Å². The van der Waals surface area contributed by atoms with Crippen molar-refractivity contribution in [2.24, 2.45) is 22.2 Å². The number of hydrogen-bond acceptors (Lipinski definition) is 9. The van der Waals surface area contributed by atoms with E-state index in [0.717, 1.165) is 0 Å². The quantitative estimate of drug-likeness (QED) is 0.0516. The molecule has 0 aliphatic carbocycles. The van der Waals surface area contributed by atoms with Gasteiger partial charge in [-0.25, -0.2) is 4.79 Å². The van der Waals surface area contributed by atoms with Crippen molar-refractivity contribution in [3.8, 4) is 5.75 Å². The zero-order chi connectivity index (χ0) is 29.5. The number of carbonyl (C=O) groups is 5. The predicted molar refractivity (Wildman–Crippen MR) is 137 cm³/mol. The van der Waals surface area contributed by atoms with Crippen molar-refractivity contribution in [3.63, 3.8) is 0 Å². The second kappa shape index (κ2) is 16.4. The Morgan fingerprint density at radius 1 is 0.846 bits per heavy atom. The average molecular weight is 554 g/mol. The van der Waals surface area contributed by atoms with Crippen LogP contribution in [-0.4, -0.2) is 93.4 Å². The molecule has 1 aromatic carbocycles.